The first-order valence-corrected chi connectivity index (χ1v) is 14.1. The summed E-state index contributed by atoms with van der Waals surface area (Å²) in [4.78, 5) is 2.33. The quantitative estimate of drug-likeness (QED) is 0.0625. The lowest BCUT2D eigenvalue weighted by atomic mass is 9.98. The molecule has 1 unspecified atom stereocenters. The van der Waals surface area contributed by atoms with E-state index in [0.29, 0.717) is 24.2 Å². The Kier molecular flexibility index (Phi) is 14.0. The molecule has 5 N–H and O–H groups in total. The fourth-order valence-electron chi connectivity index (χ4n) is 4.30. The number of benzene rings is 2. The molecule has 0 aromatic heterocycles. The van der Waals surface area contributed by atoms with Crippen LogP contribution in [-0.4, -0.2) is 30.1 Å². The van der Waals surface area contributed by atoms with Crippen LogP contribution in [0.2, 0.25) is 0 Å². The highest BCUT2D eigenvalue weighted by atomic mass is 35.5. The number of hydrogen-bond acceptors (Lipinski definition) is 5. The molecule has 210 valence electrons. The van der Waals surface area contributed by atoms with E-state index in [9.17, 15) is 0 Å². The van der Waals surface area contributed by atoms with Crippen LogP contribution in [0, 0.1) is 0 Å². The molecule has 1 atom stereocenters. The Balaban J connectivity index is 0.00000260. The van der Waals surface area contributed by atoms with Gasteiger partial charge < -0.3 is 26.5 Å². The van der Waals surface area contributed by atoms with Gasteiger partial charge in [0.05, 0.1) is 25.1 Å². The molecule has 7 heteroatoms. The number of nitrogens with zero attached hydrogens (tertiary/aromatic N) is 2. The van der Waals surface area contributed by atoms with Crippen LogP contribution >= 0.6 is 11.6 Å². The highest BCUT2D eigenvalue weighted by Crippen LogP contribution is 2.29. The minimum absolute atomic E-state index is 0.133. The lowest BCUT2D eigenvalue weighted by Crippen LogP contribution is -2.37. The molecule has 0 aliphatic carbocycles. The Morgan fingerprint density at radius 1 is 1.18 bits per heavy atom. The predicted molar refractivity (Wildman–Crippen MR) is 167 cm³/mol. The van der Waals surface area contributed by atoms with Crippen molar-refractivity contribution < 1.29 is 4.74 Å². The largest absolute Gasteiger partial charge is 0.382 e. The van der Waals surface area contributed by atoms with Gasteiger partial charge in [-0.25, -0.2) is 0 Å². The van der Waals surface area contributed by atoms with Crippen LogP contribution in [0.25, 0.3) is 11.1 Å². The summed E-state index contributed by atoms with van der Waals surface area (Å²) in [6, 6.07) is 16.3. The van der Waals surface area contributed by atoms with Crippen molar-refractivity contribution in [2.45, 2.75) is 59.7 Å². The Morgan fingerprint density at radius 3 is 2.54 bits per heavy atom. The second-order valence-corrected chi connectivity index (χ2v) is 9.28. The SMILES string of the molecule is C=C/C=C\C(=C/C)COCC1=C(Cl)NC(CCCC)N1Cc1ccc(-c2ccccc2/C(N)=N/N)cc1.CC. The van der Waals surface area contributed by atoms with E-state index in [1.165, 1.54) is 5.56 Å². The monoisotopic (exact) mass is 549 g/mol. The minimum atomic E-state index is 0.133. The van der Waals surface area contributed by atoms with E-state index >= 15 is 0 Å². The van der Waals surface area contributed by atoms with Crippen LogP contribution in [-0.2, 0) is 11.3 Å². The summed E-state index contributed by atoms with van der Waals surface area (Å²) in [5.41, 5.74) is 12.1. The average molecular weight is 550 g/mol. The number of allylic oxidation sites excluding steroid dienone is 3. The number of nitrogens with two attached hydrogens (primary N) is 2. The highest BCUT2D eigenvalue weighted by Gasteiger charge is 2.30. The molecule has 0 saturated heterocycles. The molecule has 3 rings (SSSR count). The lowest BCUT2D eigenvalue weighted by Gasteiger charge is -2.29. The highest BCUT2D eigenvalue weighted by molar-refractivity contribution is 6.29. The molecule has 6 nitrogen and oxygen atoms in total. The zero-order chi connectivity index (χ0) is 28.6. The van der Waals surface area contributed by atoms with Crippen molar-refractivity contribution >= 4 is 17.4 Å². The maximum Gasteiger partial charge on any atom is 0.150 e. The van der Waals surface area contributed by atoms with Gasteiger partial charge in [0.25, 0.3) is 0 Å². The van der Waals surface area contributed by atoms with Crippen molar-refractivity contribution in [1.29, 1.82) is 0 Å². The topological polar surface area (TPSA) is 88.9 Å². The van der Waals surface area contributed by atoms with Gasteiger partial charge in [0, 0.05) is 12.1 Å². The standard InChI is InChI=1S/C30H38ClN5O.C2H6/c1-4-7-11-22(6-3)20-37-21-27-29(31)34-28(14-8-5-2)36(27)19-23-15-17-24(18-16-23)25-12-9-10-13-26(25)30(32)35-33;1-2/h4,6-7,9-13,15-18,28,34H,1,5,8,14,19-21,33H2,2-3H3,(H2,32,35);1-2H3/b11-7-,22-6+;. The maximum atomic E-state index is 6.68. The summed E-state index contributed by atoms with van der Waals surface area (Å²) in [6.45, 7) is 13.6. The molecule has 1 heterocycles. The number of amidine groups is 1. The lowest BCUT2D eigenvalue weighted by molar-refractivity contribution is 0.140. The zero-order valence-corrected chi connectivity index (χ0v) is 24.5. The van der Waals surface area contributed by atoms with Crippen molar-refractivity contribution in [2.75, 3.05) is 13.2 Å². The smallest absolute Gasteiger partial charge is 0.150 e. The first-order valence-electron chi connectivity index (χ1n) is 13.7. The van der Waals surface area contributed by atoms with Crippen molar-refractivity contribution in [3.05, 3.63) is 107 Å². The van der Waals surface area contributed by atoms with Gasteiger partial charge in [-0.3, -0.25) is 0 Å². The van der Waals surface area contributed by atoms with Crippen LogP contribution < -0.4 is 16.9 Å². The first kappa shape index (κ1) is 31.7. The summed E-state index contributed by atoms with van der Waals surface area (Å²) in [5.74, 6) is 5.75. The Labute approximate surface area is 239 Å². The molecule has 0 spiro atoms. The molecule has 2 aromatic rings. The zero-order valence-electron chi connectivity index (χ0n) is 23.8. The third-order valence-electron chi connectivity index (χ3n) is 6.39. The van der Waals surface area contributed by atoms with Gasteiger partial charge in [0.1, 0.15) is 5.16 Å². The van der Waals surface area contributed by atoms with E-state index < -0.39 is 0 Å². The number of halogens is 1. The van der Waals surface area contributed by atoms with E-state index in [1.54, 1.807) is 6.08 Å². The van der Waals surface area contributed by atoms with Crippen molar-refractivity contribution in [2.24, 2.45) is 16.7 Å². The van der Waals surface area contributed by atoms with Crippen molar-refractivity contribution in [3.63, 3.8) is 0 Å². The van der Waals surface area contributed by atoms with Gasteiger partial charge in [-0.15, -0.1) is 0 Å². The van der Waals surface area contributed by atoms with Gasteiger partial charge in [-0.05, 0) is 42.0 Å². The number of nitrogens with one attached hydrogen (secondary N) is 1. The van der Waals surface area contributed by atoms with E-state index in [0.717, 1.165) is 53.8 Å². The molecule has 0 amide bonds. The fourth-order valence-corrected chi connectivity index (χ4v) is 4.59. The molecule has 0 bridgehead atoms. The Bertz CT molecular complexity index is 1170. The minimum Gasteiger partial charge on any atom is -0.382 e. The van der Waals surface area contributed by atoms with Crippen molar-refractivity contribution in [3.8, 4) is 11.1 Å². The van der Waals surface area contributed by atoms with Crippen LogP contribution in [0.5, 0.6) is 0 Å². The number of unbranched alkanes of at least 4 members (excludes halogenated alkanes) is 1. The van der Waals surface area contributed by atoms with Crippen LogP contribution in [0.1, 0.15) is 58.1 Å². The van der Waals surface area contributed by atoms with E-state index in [1.807, 2.05) is 63.3 Å². The van der Waals surface area contributed by atoms with Crippen LogP contribution in [0.4, 0.5) is 0 Å². The van der Waals surface area contributed by atoms with Crippen molar-refractivity contribution in [1.82, 2.24) is 10.2 Å². The molecule has 0 fully saturated rings. The predicted octanol–water partition coefficient (Wildman–Crippen LogP) is 6.99. The van der Waals surface area contributed by atoms with E-state index in [4.69, 9.17) is 27.9 Å². The van der Waals surface area contributed by atoms with Gasteiger partial charge in [-0.2, -0.15) is 5.10 Å². The second-order valence-electron chi connectivity index (χ2n) is 8.90. The number of rotatable bonds is 13. The average Bonchev–Trinajstić information content (AvgIpc) is 3.27. The molecule has 39 heavy (non-hydrogen) atoms. The molecule has 1 aliphatic heterocycles. The third kappa shape index (κ3) is 9.05. The molecule has 0 saturated carbocycles. The molecule has 2 aromatic carbocycles. The normalized spacial score (nSPS) is 15.8. The number of hydrogen-bond donors (Lipinski definition) is 3. The first-order chi connectivity index (χ1) is 19.0. The Morgan fingerprint density at radius 2 is 1.90 bits per heavy atom. The van der Waals surface area contributed by atoms with Crippen LogP contribution in [0.3, 0.4) is 0 Å². The van der Waals surface area contributed by atoms with E-state index in [2.05, 4.69) is 53.1 Å². The van der Waals surface area contributed by atoms with Gasteiger partial charge in [0.15, 0.2) is 5.84 Å². The van der Waals surface area contributed by atoms with Gasteiger partial charge in [-0.1, -0.05) is 118 Å². The summed E-state index contributed by atoms with van der Waals surface area (Å²) < 4.78 is 6.07. The Hall–Kier alpha value is -3.48. The summed E-state index contributed by atoms with van der Waals surface area (Å²) in [6.07, 6.45) is 11.1. The maximum absolute atomic E-state index is 6.68. The molecule has 1 aliphatic rings. The second kappa shape index (κ2) is 17.2. The molecular formula is C32H44ClN5O. The van der Waals surface area contributed by atoms with Gasteiger partial charge in [0.2, 0.25) is 0 Å². The molecular weight excluding hydrogens is 506 g/mol. The summed E-state index contributed by atoms with van der Waals surface area (Å²) in [5, 5.41) is 7.80. The van der Waals surface area contributed by atoms with Crippen LogP contribution in [0.15, 0.2) is 101 Å². The molecule has 0 radical (unpaired) electrons. The third-order valence-corrected chi connectivity index (χ3v) is 6.71. The van der Waals surface area contributed by atoms with Gasteiger partial charge >= 0.3 is 0 Å². The summed E-state index contributed by atoms with van der Waals surface area (Å²) in [7, 11) is 0. The fraction of sp³-hybridized carbons (Fsp3) is 0.344. The number of hydrazone groups is 1. The summed E-state index contributed by atoms with van der Waals surface area (Å²) >= 11 is 6.68. The number of ether oxygens (including phenoxy) is 1. The van der Waals surface area contributed by atoms with E-state index in [-0.39, 0.29) is 6.17 Å².